The van der Waals surface area contributed by atoms with E-state index in [1.807, 2.05) is 37.3 Å². The number of nitrogens with one attached hydrogen (secondary N) is 2. The standard InChI is InChI=1S/C18H18N2O2S/c1-12-2-4-13(5-3-12)11-19-18(22)14-6-7-16-15(10-14)20-17(21)8-9-23-16/h2-7,10H,8-9,11H2,1H3,(H,19,22)(H,20,21). The number of carbonyl (C=O) groups excluding carboxylic acids is 2. The van der Waals surface area contributed by atoms with Crippen molar-refractivity contribution in [1.29, 1.82) is 0 Å². The zero-order valence-corrected chi connectivity index (χ0v) is 13.7. The molecule has 0 aromatic heterocycles. The van der Waals surface area contributed by atoms with E-state index < -0.39 is 0 Å². The summed E-state index contributed by atoms with van der Waals surface area (Å²) >= 11 is 1.63. The second-order valence-corrected chi connectivity index (χ2v) is 6.66. The van der Waals surface area contributed by atoms with Gasteiger partial charge in [-0.15, -0.1) is 11.8 Å². The van der Waals surface area contributed by atoms with Crippen LogP contribution in [-0.2, 0) is 11.3 Å². The molecule has 1 heterocycles. The van der Waals surface area contributed by atoms with Gasteiger partial charge >= 0.3 is 0 Å². The lowest BCUT2D eigenvalue weighted by molar-refractivity contribution is -0.115. The summed E-state index contributed by atoms with van der Waals surface area (Å²) in [6.45, 7) is 2.52. The molecular formula is C18H18N2O2S. The number of amides is 2. The van der Waals surface area contributed by atoms with Gasteiger partial charge in [-0.2, -0.15) is 0 Å². The molecule has 5 heteroatoms. The Kier molecular flexibility index (Phi) is 4.67. The lowest BCUT2D eigenvalue weighted by Gasteiger charge is -2.10. The monoisotopic (exact) mass is 326 g/mol. The fourth-order valence-corrected chi connectivity index (χ4v) is 3.29. The highest BCUT2D eigenvalue weighted by Crippen LogP contribution is 2.31. The summed E-state index contributed by atoms with van der Waals surface area (Å²) in [5, 5.41) is 5.77. The summed E-state index contributed by atoms with van der Waals surface area (Å²) in [7, 11) is 0. The zero-order valence-electron chi connectivity index (χ0n) is 12.9. The van der Waals surface area contributed by atoms with Crippen LogP contribution in [0.3, 0.4) is 0 Å². The number of rotatable bonds is 3. The Labute approximate surface area is 139 Å². The van der Waals surface area contributed by atoms with Crippen molar-refractivity contribution < 1.29 is 9.59 Å². The van der Waals surface area contributed by atoms with Crippen molar-refractivity contribution in [2.24, 2.45) is 0 Å². The van der Waals surface area contributed by atoms with E-state index in [4.69, 9.17) is 0 Å². The van der Waals surface area contributed by atoms with E-state index >= 15 is 0 Å². The van der Waals surface area contributed by atoms with Crippen LogP contribution in [0.5, 0.6) is 0 Å². The van der Waals surface area contributed by atoms with E-state index in [1.165, 1.54) is 5.56 Å². The SMILES string of the molecule is Cc1ccc(CNC(=O)c2ccc3c(c2)NC(=O)CCS3)cc1. The van der Waals surface area contributed by atoms with E-state index in [9.17, 15) is 9.59 Å². The Bertz CT molecular complexity index is 741. The van der Waals surface area contributed by atoms with Crippen LogP contribution in [0.25, 0.3) is 0 Å². The smallest absolute Gasteiger partial charge is 0.251 e. The molecule has 0 unspecified atom stereocenters. The fraction of sp³-hybridized carbons (Fsp3) is 0.222. The van der Waals surface area contributed by atoms with Gasteiger partial charge in [-0.05, 0) is 30.7 Å². The Morgan fingerprint density at radius 2 is 2.00 bits per heavy atom. The average molecular weight is 326 g/mol. The maximum Gasteiger partial charge on any atom is 0.251 e. The van der Waals surface area contributed by atoms with Crippen LogP contribution in [0.4, 0.5) is 5.69 Å². The van der Waals surface area contributed by atoms with Crippen molar-refractivity contribution in [3.05, 3.63) is 59.2 Å². The molecule has 0 atom stereocenters. The van der Waals surface area contributed by atoms with Crippen LogP contribution in [-0.4, -0.2) is 17.6 Å². The molecule has 0 aliphatic carbocycles. The number of anilines is 1. The third-order valence-electron chi connectivity index (χ3n) is 3.68. The number of hydrogen-bond acceptors (Lipinski definition) is 3. The quantitative estimate of drug-likeness (QED) is 0.909. The maximum atomic E-state index is 12.3. The second kappa shape index (κ2) is 6.87. The summed E-state index contributed by atoms with van der Waals surface area (Å²) < 4.78 is 0. The molecule has 0 fully saturated rings. The Hall–Kier alpha value is -2.27. The Morgan fingerprint density at radius 1 is 1.22 bits per heavy atom. The maximum absolute atomic E-state index is 12.3. The summed E-state index contributed by atoms with van der Waals surface area (Å²) in [6, 6.07) is 13.5. The number of hydrogen-bond donors (Lipinski definition) is 2. The van der Waals surface area contributed by atoms with E-state index in [2.05, 4.69) is 10.6 Å². The van der Waals surface area contributed by atoms with Crippen LogP contribution in [0, 0.1) is 6.92 Å². The minimum Gasteiger partial charge on any atom is -0.348 e. The molecule has 0 saturated heterocycles. The molecule has 2 N–H and O–H groups in total. The van der Waals surface area contributed by atoms with Gasteiger partial charge in [0, 0.05) is 29.2 Å². The van der Waals surface area contributed by atoms with Crippen molar-refractivity contribution in [1.82, 2.24) is 5.32 Å². The number of thioether (sulfide) groups is 1. The number of benzene rings is 2. The van der Waals surface area contributed by atoms with Crippen LogP contribution >= 0.6 is 11.8 Å². The summed E-state index contributed by atoms with van der Waals surface area (Å²) in [5.41, 5.74) is 3.53. The third-order valence-corrected chi connectivity index (χ3v) is 4.75. The van der Waals surface area contributed by atoms with E-state index in [0.29, 0.717) is 18.5 Å². The van der Waals surface area contributed by atoms with Crippen LogP contribution in [0.15, 0.2) is 47.4 Å². The minimum atomic E-state index is -0.142. The molecule has 4 nitrogen and oxygen atoms in total. The molecule has 118 valence electrons. The highest BCUT2D eigenvalue weighted by Gasteiger charge is 2.15. The molecule has 2 aromatic rings. The Balaban J connectivity index is 1.70. The van der Waals surface area contributed by atoms with Gasteiger partial charge in [-0.3, -0.25) is 9.59 Å². The first kappa shape index (κ1) is 15.6. The van der Waals surface area contributed by atoms with Crippen molar-refractivity contribution in [3.8, 4) is 0 Å². The summed E-state index contributed by atoms with van der Waals surface area (Å²) in [6.07, 6.45) is 0.494. The predicted molar refractivity (Wildman–Crippen MR) is 92.8 cm³/mol. The normalized spacial score (nSPS) is 13.7. The predicted octanol–water partition coefficient (Wildman–Crippen LogP) is 3.36. The molecule has 2 aromatic carbocycles. The van der Waals surface area contributed by atoms with Crippen molar-refractivity contribution in [3.63, 3.8) is 0 Å². The van der Waals surface area contributed by atoms with Gasteiger partial charge in [0.2, 0.25) is 5.91 Å². The van der Waals surface area contributed by atoms with Gasteiger partial charge in [0.1, 0.15) is 0 Å². The van der Waals surface area contributed by atoms with Gasteiger partial charge in [-0.25, -0.2) is 0 Å². The molecule has 1 aliphatic heterocycles. The van der Waals surface area contributed by atoms with Crippen LogP contribution in [0.2, 0.25) is 0 Å². The van der Waals surface area contributed by atoms with Gasteiger partial charge in [0.05, 0.1) is 5.69 Å². The molecule has 0 spiro atoms. The number of aryl methyl sites for hydroxylation is 1. The summed E-state index contributed by atoms with van der Waals surface area (Å²) in [4.78, 5) is 25.0. The Morgan fingerprint density at radius 3 is 2.78 bits per heavy atom. The molecule has 23 heavy (non-hydrogen) atoms. The fourth-order valence-electron chi connectivity index (χ4n) is 2.35. The molecule has 0 saturated carbocycles. The molecule has 1 aliphatic rings. The second-order valence-electron chi connectivity index (χ2n) is 5.53. The average Bonchev–Trinajstić information content (AvgIpc) is 2.73. The van der Waals surface area contributed by atoms with Crippen molar-refractivity contribution in [2.45, 2.75) is 24.8 Å². The van der Waals surface area contributed by atoms with Gasteiger partial charge in [-0.1, -0.05) is 29.8 Å². The van der Waals surface area contributed by atoms with Crippen molar-refractivity contribution >= 4 is 29.3 Å². The van der Waals surface area contributed by atoms with Gasteiger partial charge < -0.3 is 10.6 Å². The number of carbonyl (C=O) groups is 2. The van der Waals surface area contributed by atoms with Gasteiger partial charge in [0.25, 0.3) is 5.91 Å². The highest BCUT2D eigenvalue weighted by molar-refractivity contribution is 7.99. The van der Waals surface area contributed by atoms with Crippen LogP contribution in [0.1, 0.15) is 27.9 Å². The van der Waals surface area contributed by atoms with E-state index in [-0.39, 0.29) is 11.8 Å². The third kappa shape index (κ3) is 3.93. The first-order chi connectivity index (χ1) is 11.1. The van der Waals surface area contributed by atoms with E-state index in [0.717, 1.165) is 21.9 Å². The minimum absolute atomic E-state index is 0.00605. The lowest BCUT2D eigenvalue weighted by atomic mass is 10.1. The molecule has 3 rings (SSSR count). The summed E-state index contributed by atoms with van der Waals surface area (Å²) in [5.74, 6) is 0.614. The van der Waals surface area contributed by atoms with Crippen molar-refractivity contribution in [2.75, 3.05) is 11.1 Å². The van der Waals surface area contributed by atoms with Gasteiger partial charge in [0.15, 0.2) is 0 Å². The molecule has 0 bridgehead atoms. The number of fused-ring (bicyclic) bond motifs is 1. The lowest BCUT2D eigenvalue weighted by Crippen LogP contribution is -2.23. The zero-order chi connectivity index (χ0) is 16.2. The molecular weight excluding hydrogens is 308 g/mol. The highest BCUT2D eigenvalue weighted by atomic mass is 32.2. The first-order valence-electron chi connectivity index (χ1n) is 7.52. The molecule has 0 radical (unpaired) electrons. The van der Waals surface area contributed by atoms with E-state index in [1.54, 1.807) is 23.9 Å². The first-order valence-corrected chi connectivity index (χ1v) is 8.51. The topological polar surface area (TPSA) is 58.2 Å². The molecule has 2 amide bonds. The van der Waals surface area contributed by atoms with Crippen LogP contribution < -0.4 is 10.6 Å². The largest absolute Gasteiger partial charge is 0.348 e.